The molecule has 2 rings (SSSR count). The van der Waals surface area contributed by atoms with Crippen LogP contribution in [0.3, 0.4) is 0 Å². The van der Waals surface area contributed by atoms with Crippen molar-refractivity contribution in [3.8, 4) is 0 Å². The lowest BCUT2D eigenvalue weighted by Gasteiger charge is -2.31. The van der Waals surface area contributed by atoms with Crippen LogP contribution in [0.25, 0.3) is 0 Å². The number of aromatic nitrogens is 4. The van der Waals surface area contributed by atoms with Gasteiger partial charge in [-0.1, -0.05) is 22.6 Å². The summed E-state index contributed by atoms with van der Waals surface area (Å²) in [5.74, 6) is 1.39. The average Bonchev–Trinajstić information content (AvgIpc) is 2.19. The zero-order valence-corrected chi connectivity index (χ0v) is 9.89. The van der Waals surface area contributed by atoms with E-state index in [9.17, 15) is 0 Å². The summed E-state index contributed by atoms with van der Waals surface area (Å²) >= 11 is 2.37. The Morgan fingerprint density at radius 1 is 1.21 bits per heavy atom. The van der Waals surface area contributed by atoms with Crippen LogP contribution in [0, 0.1) is 0 Å². The lowest BCUT2D eigenvalue weighted by Crippen LogP contribution is -2.42. The number of alkyl halides is 1. The quantitative estimate of drug-likeness (QED) is 0.618. The molecule has 0 radical (unpaired) electrons. The number of rotatable bonds is 2. The van der Waals surface area contributed by atoms with Gasteiger partial charge in [-0.3, -0.25) is 0 Å². The summed E-state index contributed by atoms with van der Waals surface area (Å²) in [6, 6.07) is 0.730. The lowest BCUT2D eigenvalue weighted by molar-refractivity contribution is 0.585. The van der Waals surface area contributed by atoms with Gasteiger partial charge in [0, 0.05) is 16.5 Å². The van der Waals surface area contributed by atoms with E-state index in [-0.39, 0.29) is 0 Å². The number of anilines is 2. The van der Waals surface area contributed by atoms with Gasteiger partial charge in [0.2, 0.25) is 0 Å². The fourth-order valence-electron chi connectivity index (χ4n) is 1.48. The second-order valence-corrected chi connectivity index (χ2v) is 4.32. The normalized spacial score (nSPS) is 24.7. The fourth-order valence-corrected chi connectivity index (χ4v) is 2.15. The van der Waals surface area contributed by atoms with Gasteiger partial charge in [0.25, 0.3) is 0 Å². The first-order valence-electron chi connectivity index (χ1n) is 4.46. The van der Waals surface area contributed by atoms with E-state index in [1.165, 1.54) is 0 Å². The molecule has 1 aliphatic heterocycles. The van der Waals surface area contributed by atoms with Crippen LogP contribution in [0.5, 0.6) is 0 Å². The van der Waals surface area contributed by atoms with E-state index >= 15 is 0 Å². The van der Waals surface area contributed by atoms with E-state index in [4.69, 9.17) is 0 Å². The Bertz CT molecular complexity index is 319. The first-order chi connectivity index (χ1) is 6.81. The van der Waals surface area contributed by atoms with Crippen LogP contribution >= 0.6 is 22.6 Å². The summed E-state index contributed by atoms with van der Waals surface area (Å²) in [5, 5.41) is 21.3. The van der Waals surface area contributed by atoms with Gasteiger partial charge in [-0.15, -0.1) is 10.2 Å². The lowest BCUT2D eigenvalue weighted by atomic mass is 10.1. The van der Waals surface area contributed by atoms with Gasteiger partial charge in [0.1, 0.15) is 0 Å². The van der Waals surface area contributed by atoms with Gasteiger partial charge >= 0.3 is 0 Å². The van der Waals surface area contributed by atoms with E-state index in [1.54, 1.807) is 0 Å². The minimum absolute atomic E-state index is 0.343. The Morgan fingerprint density at radius 3 is 2.50 bits per heavy atom. The first kappa shape index (κ1) is 9.81. The Labute approximate surface area is 95.4 Å². The van der Waals surface area contributed by atoms with Crippen LogP contribution < -0.4 is 10.6 Å². The molecule has 0 aliphatic carbocycles. The SMILES string of the molecule is C[C@H]1Nc2nnnnc2NC1CCI. The zero-order chi connectivity index (χ0) is 9.97. The van der Waals surface area contributed by atoms with Gasteiger partial charge in [-0.05, 0) is 23.8 Å². The van der Waals surface area contributed by atoms with Crippen LogP contribution in [0.2, 0.25) is 0 Å². The average molecular weight is 306 g/mol. The molecule has 0 spiro atoms. The molecule has 0 aromatic carbocycles. The van der Waals surface area contributed by atoms with Gasteiger partial charge in [0.15, 0.2) is 11.6 Å². The smallest absolute Gasteiger partial charge is 0.195 e. The Hall–Kier alpha value is -0.730. The molecule has 0 amide bonds. The van der Waals surface area contributed by atoms with Crippen molar-refractivity contribution in [3.63, 3.8) is 0 Å². The highest BCUT2D eigenvalue weighted by atomic mass is 127. The van der Waals surface area contributed by atoms with Crippen LogP contribution in [-0.2, 0) is 0 Å². The zero-order valence-electron chi connectivity index (χ0n) is 7.74. The van der Waals surface area contributed by atoms with Crippen molar-refractivity contribution in [2.45, 2.75) is 25.4 Å². The van der Waals surface area contributed by atoms with Crippen LogP contribution in [0.15, 0.2) is 0 Å². The number of hydrogen-bond donors (Lipinski definition) is 2. The van der Waals surface area contributed by atoms with Crippen molar-refractivity contribution in [1.29, 1.82) is 0 Å². The molecule has 2 heterocycles. The highest BCUT2D eigenvalue weighted by Gasteiger charge is 2.25. The second kappa shape index (κ2) is 4.20. The molecule has 0 saturated carbocycles. The van der Waals surface area contributed by atoms with Gasteiger partial charge in [-0.2, -0.15) is 0 Å². The molecule has 1 aliphatic rings. The van der Waals surface area contributed by atoms with E-state index in [0.717, 1.165) is 10.8 Å². The minimum atomic E-state index is 0.343. The molecule has 2 atom stereocenters. The molecular weight excluding hydrogens is 295 g/mol. The van der Waals surface area contributed by atoms with Crippen molar-refractivity contribution in [3.05, 3.63) is 0 Å². The van der Waals surface area contributed by atoms with E-state index in [0.29, 0.717) is 23.7 Å². The highest BCUT2D eigenvalue weighted by Crippen LogP contribution is 2.23. The molecular formula is C7H11IN6. The summed E-state index contributed by atoms with van der Waals surface area (Å²) < 4.78 is 1.11. The molecule has 1 unspecified atom stereocenters. The second-order valence-electron chi connectivity index (χ2n) is 3.24. The van der Waals surface area contributed by atoms with Gasteiger partial charge in [-0.25, -0.2) is 0 Å². The van der Waals surface area contributed by atoms with Crippen molar-refractivity contribution < 1.29 is 0 Å². The van der Waals surface area contributed by atoms with Crippen molar-refractivity contribution in [1.82, 2.24) is 20.6 Å². The molecule has 2 N–H and O–H groups in total. The summed E-state index contributed by atoms with van der Waals surface area (Å²) in [6.07, 6.45) is 1.10. The Kier molecular flexibility index (Phi) is 2.94. The highest BCUT2D eigenvalue weighted by molar-refractivity contribution is 14.1. The molecule has 7 heteroatoms. The van der Waals surface area contributed by atoms with Crippen LogP contribution in [0.4, 0.5) is 11.6 Å². The van der Waals surface area contributed by atoms with E-state index in [1.807, 2.05) is 0 Å². The predicted molar refractivity (Wildman–Crippen MR) is 61.6 cm³/mol. The maximum atomic E-state index is 3.89. The third-order valence-electron chi connectivity index (χ3n) is 2.26. The Morgan fingerprint density at radius 2 is 1.86 bits per heavy atom. The third kappa shape index (κ3) is 1.86. The van der Waals surface area contributed by atoms with Crippen LogP contribution in [-0.4, -0.2) is 37.1 Å². The molecule has 0 saturated heterocycles. The number of halogens is 1. The summed E-state index contributed by atoms with van der Waals surface area (Å²) in [7, 11) is 0. The third-order valence-corrected chi connectivity index (χ3v) is 2.89. The van der Waals surface area contributed by atoms with Crippen LogP contribution in [0.1, 0.15) is 13.3 Å². The molecule has 0 bridgehead atoms. The van der Waals surface area contributed by atoms with Crippen molar-refractivity contribution >= 4 is 34.2 Å². The topological polar surface area (TPSA) is 75.6 Å². The maximum Gasteiger partial charge on any atom is 0.195 e. The van der Waals surface area contributed by atoms with E-state index < -0.39 is 0 Å². The summed E-state index contributed by atoms with van der Waals surface area (Å²) in [4.78, 5) is 0. The van der Waals surface area contributed by atoms with Gasteiger partial charge < -0.3 is 10.6 Å². The Balaban J connectivity index is 2.18. The summed E-state index contributed by atoms with van der Waals surface area (Å²) in [6.45, 7) is 2.12. The minimum Gasteiger partial charge on any atom is -0.361 e. The molecule has 0 fully saturated rings. The monoisotopic (exact) mass is 306 g/mol. The standard InChI is InChI=1S/C7H11IN6/c1-4-5(2-3-8)10-7-6(9-4)11-13-14-12-7/h4-5H,2-3H2,1H3,(H,9,11,14)(H,10,12,13)/t4-,5?/m1/s1. The fraction of sp³-hybridized carbons (Fsp3) is 0.714. The van der Waals surface area contributed by atoms with E-state index in [2.05, 4.69) is 60.8 Å². The first-order valence-corrected chi connectivity index (χ1v) is 5.99. The number of fused-ring (bicyclic) bond motifs is 1. The van der Waals surface area contributed by atoms with Crippen molar-refractivity contribution in [2.24, 2.45) is 0 Å². The number of nitrogens with one attached hydrogen (secondary N) is 2. The largest absolute Gasteiger partial charge is 0.361 e. The van der Waals surface area contributed by atoms with Gasteiger partial charge in [0.05, 0.1) is 0 Å². The molecule has 1 aromatic heterocycles. The molecule has 14 heavy (non-hydrogen) atoms. The predicted octanol–water partition coefficient (Wildman–Crippen LogP) is 0.686. The number of nitrogens with zero attached hydrogens (tertiary/aromatic N) is 4. The van der Waals surface area contributed by atoms with Crippen molar-refractivity contribution in [2.75, 3.05) is 15.1 Å². The molecule has 76 valence electrons. The summed E-state index contributed by atoms with van der Waals surface area (Å²) in [5.41, 5.74) is 0. The number of hydrogen-bond acceptors (Lipinski definition) is 6. The maximum absolute atomic E-state index is 3.89. The molecule has 1 aromatic rings. The molecule has 6 nitrogen and oxygen atoms in total.